The van der Waals surface area contributed by atoms with E-state index < -0.39 is 15.8 Å². The Labute approximate surface area is 205 Å². The molecule has 0 spiro atoms. The lowest BCUT2D eigenvalue weighted by atomic mass is 10.2. The van der Waals surface area contributed by atoms with Crippen LogP contribution < -0.4 is 14.4 Å². The molecule has 0 saturated carbocycles. The zero-order chi connectivity index (χ0) is 25.0. The van der Waals surface area contributed by atoms with Gasteiger partial charge < -0.3 is 14.5 Å². The highest BCUT2D eigenvalue weighted by atomic mass is 32.2. The van der Waals surface area contributed by atoms with Crippen molar-refractivity contribution in [2.45, 2.75) is 18.2 Å². The molecule has 1 saturated heterocycles. The van der Waals surface area contributed by atoms with Gasteiger partial charge in [-0.3, -0.25) is 9.52 Å². The highest BCUT2D eigenvalue weighted by Crippen LogP contribution is 2.22. The number of carbonyl (C=O) groups is 1. The van der Waals surface area contributed by atoms with Crippen molar-refractivity contribution >= 4 is 27.3 Å². The third kappa shape index (κ3) is 5.74. The molecular formula is C26H28FN3O4S. The van der Waals surface area contributed by atoms with E-state index in [0.29, 0.717) is 30.9 Å². The highest BCUT2D eigenvalue weighted by molar-refractivity contribution is 7.92. The number of nitrogens with zero attached hydrogens (tertiary/aromatic N) is 2. The Morgan fingerprint density at radius 3 is 2.31 bits per heavy atom. The maximum Gasteiger partial charge on any atom is 0.261 e. The molecule has 1 aliphatic rings. The van der Waals surface area contributed by atoms with Gasteiger partial charge in [-0.2, -0.15) is 0 Å². The lowest BCUT2D eigenvalue weighted by Gasteiger charge is -2.24. The minimum absolute atomic E-state index is 0.0254. The normalized spacial score (nSPS) is 14.4. The summed E-state index contributed by atoms with van der Waals surface area (Å²) >= 11 is 0. The van der Waals surface area contributed by atoms with Crippen molar-refractivity contribution in [2.75, 3.05) is 42.9 Å². The van der Waals surface area contributed by atoms with Gasteiger partial charge in [-0.25, -0.2) is 12.8 Å². The van der Waals surface area contributed by atoms with E-state index in [1.54, 1.807) is 31.4 Å². The first-order valence-corrected chi connectivity index (χ1v) is 12.8. The number of hydrogen-bond donors (Lipinski definition) is 1. The topological polar surface area (TPSA) is 79.0 Å². The van der Waals surface area contributed by atoms with Gasteiger partial charge in [0.1, 0.15) is 11.6 Å². The average molecular weight is 498 g/mol. The van der Waals surface area contributed by atoms with Gasteiger partial charge in [0.25, 0.3) is 15.9 Å². The van der Waals surface area contributed by atoms with Gasteiger partial charge in [0.05, 0.1) is 12.0 Å². The molecule has 7 nitrogen and oxygen atoms in total. The number of sulfonamides is 1. The number of aryl methyl sites for hydroxylation is 1. The van der Waals surface area contributed by atoms with Gasteiger partial charge in [-0.1, -0.05) is 0 Å². The summed E-state index contributed by atoms with van der Waals surface area (Å²) in [5.74, 6) is 0.247. The van der Waals surface area contributed by atoms with Crippen LogP contribution in [0.3, 0.4) is 0 Å². The van der Waals surface area contributed by atoms with Crippen LogP contribution in [0.25, 0.3) is 0 Å². The van der Waals surface area contributed by atoms with E-state index >= 15 is 0 Å². The van der Waals surface area contributed by atoms with Crippen molar-refractivity contribution < 1.29 is 22.3 Å². The summed E-state index contributed by atoms with van der Waals surface area (Å²) in [5.41, 5.74) is 2.15. The first-order chi connectivity index (χ1) is 16.8. The summed E-state index contributed by atoms with van der Waals surface area (Å²) in [7, 11) is -2.24. The van der Waals surface area contributed by atoms with Crippen LogP contribution in [0.4, 0.5) is 15.8 Å². The van der Waals surface area contributed by atoms with Crippen molar-refractivity contribution in [2.24, 2.45) is 0 Å². The molecule has 0 bridgehead atoms. The molecule has 35 heavy (non-hydrogen) atoms. The Balaban J connectivity index is 1.39. The van der Waals surface area contributed by atoms with E-state index in [1.165, 1.54) is 19.1 Å². The maximum atomic E-state index is 13.5. The molecule has 184 valence electrons. The summed E-state index contributed by atoms with van der Waals surface area (Å²) in [6.45, 7) is 4.30. The molecule has 0 radical (unpaired) electrons. The van der Waals surface area contributed by atoms with Gasteiger partial charge in [0, 0.05) is 43.1 Å². The molecule has 4 rings (SSSR count). The van der Waals surface area contributed by atoms with Crippen molar-refractivity contribution in [3.05, 3.63) is 83.7 Å². The second-order valence-electron chi connectivity index (χ2n) is 8.42. The lowest BCUT2D eigenvalue weighted by molar-refractivity contribution is 0.0767. The van der Waals surface area contributed by atoms with Crippen LogP contribution in [0.2, 0.25) is 0 Å². The van der Waals surface area contributed by atoms with E-state index in [0.717, 1.165) is 30.5 Å². The van der Waals surface area contributed by atoms with Gasteiger partial charge in [-0.05, 0) is 85.6 Å². The maximum absolute atomic E-state index is 13.5. The second-order valence-corrected chi connectivity index (χ2v) is 10.1. The summed E-state index contributed by atoms with van der Waals surface area (Å²) in [5, 5.41) is 0. The van der Waals surface area contributed by atoms with Crippen LogP contribution in [0.15, 0.2) is 71.6 Å². The van der Waals surface area contributed by atoms with E-state index in [2.05, 4.69) is 9.62 Å². The number of carbonyl (C=O) groups excluding carboxylic acids is 1. The van der Waals surface area contributed by atoms with E-state index in [1.807, 2.05) is 29.2 Å². The number of nitrogens with one attached hydrogen (secondary N) is 1. The van der Waals surface area contributed by atoms with Crippen LogP contribution >= 0.6 is 0 Å². The molecule has 3 aromatic rings. The lowest BCUT2D eigenvalue weighted by Crippen LogP contribution is -2.35. The van der Waals surface area contributed by atoms with Crippen LogP contribution in [-0.4, -0.2) is 52.5 Å². The Morgan fingerprint density at radius 2 is 1.66 bits per heavy atom. The fourth-order valence-electron chi connectivity index (χ4n) is 4.03. The predicted molar refractivity (Wildman–Crippen MR) is 134 cm³/mol. The first-order valence-electron chi connectivity index (χ1n) is 11.3. The molecule has 1 aliphatic heterocycles. The monoisotopic (exact) mass is 497 g/mol. The van der Waals surface area contributed by atoms with E-state index in [9.17, 15) is 17.6 Å². The van der Waals surface area contributed by atoms with Crippen molar-refractivity contribution in [1.29, 1.82) is 0 Å². The molecular weight excluding hydrogens is 469 g/mol. The third-order valence-corrected chi connectivity index (χ3v) is 7.42. The molecule has 9 heteroatoms. The Hall–Kier alpha value is -3.59. The Morgan fingerprint density at radius 1 is 0.943 bits per heavy atom. The zero-order valence-electron chi connectivity index (χ0n) is 19.7. The number of ether oxygens (including phenoxy) is 1. The van der Waals surface area contributed by atoms with E-state index in [4.69, 9.17) is 4.74 Å². The van der Waals surface area contributed by atoms with E-state index in [-0.39, 0.29) is 16.4 Å². The van der Waals surface area contributed by atoms with Crippen LogP contribution in [0.5, 0.6) is 5.75 Å². The molecule has 1 amide bonds. The van der Waals surface area contributed by atoms with Crippen LogP contribution in [0.1, 0.15) is 22.3 Å². The molecule has 1 N–H and O–H groups in total. The highest BCUT2D eigenvalue weighted by Gasteiger charge is 2.21. The Kier molecular flexibility index (Phi) is 7.25. The third-order valence-electron chi connectivity index (χ3n) is 6.04. The number of rotatable bonds is 6. The molecule has 3 aromatic carbocycles. The quantitative estimate of drug-likeness (QED) is 0.550. The van der Waals surface area contributed by atoms with Gasteiger partial charge in [-0.15, -0.1) is 0 Å². The van der Waals surface area contributed by atoms with Gasteiger partial charge in [0.15, 0.2) is 0 Å². The smallest absolute Gasteiger partial charge is 0.261 e. The summed E-state index contributed by atoms with van der Waals surface area (Å²) in [6.07, 6.45) is 0.840. The van der Waals surface area contributed by atoms with Crippen molar-refractivity contribution in [3.63, 3.8) is 0 Å². The van der Waals surface area contributed by atoms with Crippen LogP contribution in [0, 0.1) is 12.7 Å². The number of hydrogen-bond acceptors (Lipinski definition) is 5. The SMILES string of the molecule is COc1ccc(N2CCCN(C(=O)c3ccc(NS(=O)(=O)c4ccc(F)c(C)c4)cc3)CC2)cc1. The summed E-state index contributed by atoms with van der Waals surface area (Å²) in [6, 6.07) is 17.9. The molecule has 0 aliphatic carbocycles. The summed E-state index contributed by atoms with van der Waals surface area (Å²) < 4.78 is 46.5. The van der Waals surface area contributed by atoms with Gasteiger partial charge in [0.2, 0.25) is 0 Å². The fourth-order valence-corrected chi connectivity index (χ4v) is 5.18. The largest absolute Gasteiger partial charge is 0.497 e. The van der Waals surface area contributed by atoms with Crippen LogP contribution in [-0.2, 0) is 10.0 Å². The first kappa shape index (κ1) is 24.5. The summed E-state index contributed by atoms with van der Waals surface area (Å²) in [4.78, 5) is 17.1. The van der Waals surface area contributed by atoms with Crippen molar-refractivity contribution in [3.8, 4) is 5.75 Å². The molecule has 0 unspecified atom stereocenters. The Bertz CT molecular complexity index is 1300. The number of methoxy groups -OCH3 is 1. The van der Waals surface area contributed by atoms with Gasteiger partial charge >= 0.3 is 0 Å². The molecule has 1 heterocycles. The standard InChI is InChI=1S/C26H28FN3O4S/c1-19-18-24(12-13-25(19)27)35(32,33)28-21-6-4-20(5-7-21)26(31)30-15-3-14-29(16-17-30)22-8-10-23(34-2)11-9-22/h4-13,18,28H,3,14-17H2,1-2H3. The number of halogens is 1. The molecule has 0 atom stereocenters. The number of amides is 1. The number of benzene rings is 3. The average Bonchev–Trinajstić information content (AvgIpc) is 3.12. The molecule has 0 aromatic heterocycles. The number of anilines is 2. The molecule has 1 fully saturated rings. The minimum atomic E-state index is -3.87. The minimum Gasteiger partial charge on any atom is -0.497 e. The fraction of sp³-hybridized carbons (Fsp3) is 0.269. The zero-order valence-corrected chi connectivity index (χ0v) is 20.5. The second kappa shape index (κ2) is 10.4. The van der Waals surface area contributed by atoms with Crippen molar-refractivity contribution in [1.82, 2.24) is 4.90 Å². The predicted octanol–water partition coefficient (Wildman–Crippen LogP) is 4.30.